The van der Waals surface area contributed by atoms with Crippen molar-refractivity contribution in [2.24, 2.45) is 0 Å². The normalized spacial score (nSPS) is 24.4. The maximum atomic E-state index is 13.6. The lowest BCUT2D eigenvalue weighted by atomic mass is 9.77. The molecular formula is C21H31NO5. The highest BCUT2D eigenvalue weighted by molar-refractivity contribution is 5.89. The molecule has 2 aliphatic rings. The number of aliphatic hydroxyl groups excluding tert-OH is 1. The van der Waals surface area contributed by atoms with Crippen LogP contribution in [-0.2, 0) is 14.9 Å². The third kappa shape index (κ3) is 3.78. The summed E-state index contributed by atoms with van der Waals surface area (Å²) in [7, 11) is 3.21. The summed E-state index contributed by atoms with van der Waals surface area (Å²) in [5.74, 6) is 1.38. The van der Waals surface area contributed by atoms with Gasteiger partial charge in [0.2, 0.25) is 5.91 Å². The van der Waals surface area contributed by atoms with E-state index in [0.29, 0.717) is 24.6 Å². The molecule has 0 unspecified atom stereocenters. The Labute approximate surface area is 161 Å². The zero-order valence-corrected chi connectivity index (χ0v) is 16.7. The van der Waals surface area contributed by atoms with E-state index >= 15 is 0 Å². The van der Waals surface area contributed by atoms with Crippen molar-refractivity contribution < 1.29 is 24.1 Å². The number of rotatable bonds is 6. The Bertz CT molecular complexity index is 669. The van der Waals surface area contributed by atoms with Gasteiger partial charge in [-0.3, -0.25) is 4.79 Å². The van der Waals surface area contributed by atoms with E-state index in [9.17, 15) is 9.90 Å². The molecule has 1 saturated carbocycles. The first-order valence-corrected chi connectivity index (χ1v) is 9.76. The van der Waals surface area contributed by atoms with Gasteiger partial charge in [0.05, 0.1) is 31.8 Å². The molecule has 2 fully saturated rings. The Kier molecular flexibility index (Phi) is 5.96. The molecule has 1 aliphatic carbocycles. The van der Waals surface area contributed by atoms with Crippen LogP contribution in [-0.4, -0.2) is 61.5 Å². The molecule has 1 aromatic carbocycles. The molecule has 2 atom stereocenters. The maximum Gasteiger partial charge on any atom is 0.233 e. The minimum atomic E-state index is -0.639. The van der Waals surface area contributed by atoms with Crippen LogP contribution in [0, 0.1) is 0 Å². The number of nitrogens with zero attached hydrogens (tertiary/aromatic N) is 1. The number of ether oxygens (including phenoxy) is 3. The first-order valence-electron chi connectivity index (χ1n) is 9.76. The van der Waals surface area contributed by atoms with Crippen molar-refractivity contribution in [1.82, 2.24) is 4.90 Å². The largest absolute Gasteiger partial charge is 0.493 e. The van der Waals surface area contributed by atoms with E-state index in [1.54, 1.807) is 19.1 Å². The maximum absolute atomic E-state index is 13.6. The molecule has 1 aromatic rings. The van der Waals surface area contributed by atoms with E-state index < -0.39 is 11.5 Å². The predicted octanol–water partition coefficient (Wildman–Crippen LogP) is 2.51. The van der Waals surface area contributed by atoms with Crippen LogP contribution < -0.4 is 9.47 Å². The molecule has 0 radical (unpaired) electrons. The van der Waals surface area contributed by atoms with Gasteiger partial charge >= 0.3 is 0 Å². The van der Waals surface area contributed by atoms with E-state index in [0.717, 1.165) is 31.2 Å². The molecule has 6 heteroatoms. The molecule has 0 aromatic heterocycles. The molecule has 1 aliphatic heterocycles. The number of hydrogen-bond donors (Lipinski definition) is 1. The summed E-state index contributed by atoms with van der Waals surface area (Å²) in [5.41, 5.74) is 0.400. The van der Waals surface area contributed by atoms with Crippen LogP contribution in [0.3, 0.4) is 0 Å². The van der Waals surface area contributed by atoms with Crippen LogP contribution in [0.25, 0.3) is 0 Å². The van der Waals surface area contributed by atoms with E-state index in [2.05, 4.69) is 0 Å². The number of aliphatic hydroxyl groups is 1. The van der Waals surface area contributed by atoms with Crippen molar-refractivity contribution in [1.29, 1.82) is 0 Å². The van der Waals surface area contributed by atoms with Gasteiger partial charge in [-0.1, -0.05) is 18.9 Å². The highest BCUT2D eigenvalue weighted by Crippen LogP contribution is 2.45. The summed E-state index contributed by atoms with van der Waals surface area (Å²) in [6.45, 7) is 4.65. The van der Waals surface area contributed by atoms with Gasteiger partial charge in [-0.05, 0) is 44.4 Å². The molecule has 1 N–H and O–H groups in total. The number of hydrogen-bond acceptors (Lipinski definition) is 5. The lowest BCUT2D eigenvalue weighted by molar-refractivity contribution is -0.137. The fraction of sp³-hybridized carbons (Fsp3) is 0.667. The lowest BCUT2D eigenvalue weighted by Crippen LogP contribution is -2.45. The summed E-state index contributed by atoms with van der Waals surface area (Å²) < 4.78 is 16.6. The highest BCUT2D eigenvalue weighted by Gasteiger charge is 2.48. The fourth-order valence-corrected chi connectivity index (χ4v) is 4.45. The van der Waals surface area contributed by atoms with Crippen molar-refractivity contribution in [3.63, 3.8) is 0 Å². The fourth-order valence-electron chi connectivity index (χ4n) is 4.45. The summed E-state index contributed by atoms with van der Waals surface area (Å²) in [6, 6.07) is 5.76. The number of methoxy groups -OCH3 is 2. The number of carbonyl (C=O) groups is 1. The second kappa shape index (κ2) is 8.07. The zero-order valence-electron chi connectivity index (χ0n) is 16.7. The minimum absolute atomic E-state index is 0.0194. The van der Waals surface area contributed by atoms with Crippen LogP contribution in [0.2, 0.25) is 0 Å². The van der Waals surface area contributed by atoms with Gasteiger partial charge in [0.25, 0.3) is 0 Å². The molecule has 27 heavy (non-hydrogen) atoms. The van der Waals surface area contributed by atoms with Crippen molar-refractivity contribution in [3.05, 3.63) is 23.8 Å². The van der Waals surface area contributed by atoms with Crippen LogP contribution in [0.15, 0.2) is 18.2 Å². The zero-order chi connectivity index (χ0) is 19.6. The van der Waals surface area contributed by atoms with Gasteiger partial charge in [0.1, 0.15) is 6.10 Å². The molecule has 0 spiro atoms. The van der Waals surface area contributed by atoms with E-state index in [1.165, 1.54) is 0 Å². The van der Waals surface area contributed by atoms with Gasteiger partial charge in [0, 0.05) is 13.1 Å². The Hall–Kier alpha value is -1.79. The first kappa shape index (κ1) is 20.0. The number of amides is 1. The Morgan fingerprint density at radius 1 is 1.15 bits per heavy atom. The van der Waals surface area contributed by atoms with Gasteiger partial charge in [-0.2, -0.15) is 0 Å². The highest BCUT2D eigenvalue weighted by atomic mass is 16.5. The van der Waals surface area contributed by atoms with Gasteiger partial charge in [-0.25, -0.2) is 0 Å². The van der Waals surface area contributed by atoms with Crippen LogP contribution in [0.4, 0.5) is 0 Å². The molecule has 6 nitrogen and oxygen atoms in total. The third-order valence-corrected chi connectivity index (χ3v) is 5.77. The molecule has 1 heterocycles. The number of likely N-dealkylation sites (tertiary alicyclic amines) is 1. The van der Waals surface area contributed by atoms with Crippen LogP contribution in [0.1, 0.15) is 45.1 Å². The second-order valence-corrected chi connectivity index (χ2v) is 7.86. The van der Waals surface area contributed by atoms with Crippen molar-refractivity contribution in [2.45, 2.75) is 63.3 Å². The lowest BCUT2D eigenvalue weighted by Gasteiger charge is -2.33. The average Bonchev–Trinajstić information content (AvgIpc) is 3.28. The topological polar surface area (TPSA) is 68.2 Å². The van der Waals surface area contributed by atoms with Crippen molar-refractivity contribution in [2.75, 3.05) is 27.3 Å². The number of β-amino-alcohol motifs (C(OH)–C–C–N with tert-alkyl or cyclic N) is 1. The first-order chi connectivity index (χ1) is 12.9. The van der Waals surface area contributed by atoms with Gasteiger partial charge in [0.15, 0.2) is 11.5 Å². The molecule has 1 amide bonds. The Balaban J connectivity index is 1.88. The quantitative estimate of drug-likeness (QED) is 0.825. The van der Waals surface area contributed by atoms with Crippen molar-refractivity contribution in [3.8, 4) is 11.5 Å². The average molecular weight is 377 g/mol. The van der Waals surface area contributed by atoms with Gasteiger partial charge < -0.3 is 24.2 Å². The predicted molar refractivity (Wildman–Crippen MR) is 102 cm³/mol. The number of benzene rings is 1. The molecular weight excluding hydrogens is 346 g/mol. The third-order valence-electron chi connectivity index (χ3n) is 5.77. The molecule has 3 rings (SSSR count). The summed E-state index contributed by atoms with van der Waals surface area (Å²) in [4.78, 5) is 15.4. The molecule has 150 valence electrons. The smallest absolute Gasteiger partial charge is 0.233 e. The van der Waals surface area contributed by atoms with E-state index in [4.69, 9.17) is 14.2 Å². The standard InChI is InChI=1S/C21H31NO5/c1-14(2)27-19-13-22(12-16(19)23)20(24)21(9-5-6-10-21)15-7-8-17(25-3)18(11-15)26-4/h7-8,11,14,16,19,23H,5-6,9-10,12-13H2,1-4H3/t16-,19-/m0/s1. The SMILES string of the molecule is COc1ccc(C2(C(=O)N3C[C@H](OC(C)C)[C@@H](O)C3)CCCC2)cc1OC. The minimum Gasteiger partial charge on any atom is -0.493 e. The monoisotopic (exact) mass is 377 g/mol. The van der Waals surface area contributed by atoms with E-state index in [1.807, 2.05) is 32.0 Å². The van der Waals surface area contributed by atoms with E-state index in [-0.39, 0.29) is 18.1 Å². The molecule has 0 bridgehead atoms. The Morgan fingerprint density at radius 2 is 1.81 bits per heavy atom. The van der Waals surface area contributed by atoms with Crippen molar-refractivity contribution >= 4 is 5.91 Å². The van der Waals surface area contributed by atoms with Crippen LogP contribution in [0.5, 0.6) is 11.5 Å². The summed E-state index contributed by atoms with van der Waals surface area (Å²) in [6.07, 6.45) is 2.71. The number of carbonyl (C=O) groups excluding carboxylic acids is 1. The van der Waals surface area contributed by atoms with Gasteiger partial charge in [-0.15, -0.1) is 0 Å². The summed E-state index contributed by atoms with van der Waals surface area (Å²) in [5, 5.41) is 10.3. The second-order valence-electron chi connectivity index (χ2n) is 7.86. The Morgan fingerprint density at radius 3 is 2.41 bits per heavy atom. The summed E-state index contributed by atoms with van der Waals surface area (Å²) >= 11 is 0. The molecule has 1 saturated heterocycles. The van der Waals surface area contributed by atoms with Crippen LogP contribution >= 0.6 is 0 Å².